The maximum Gasteiger partial charge on any atom is 0.220 e. The van der Waals surface area contributed by atoms with Gasteiger partial charge in [-0.05, 0) is 0 Å². The van der Waals surface area contributed by atoms with Crippen LogP contribution in [0.25, 0.3) is 0 Å². The maximum absolute atomic E-state index is 11.9. The Labute approximate surface area is 137 Å². The van der Waals surface area contributed by atoms with Crippen molar-refractivity contribution < 1.29 is 9.59 Å². The average Bonchev–Trinajstić information content (AvgIpc) is 2.54. The number of ketones is 1. The van der Waals surface area contributed by atoms with E-state index in [-0.39, 0.29) is 36.9 Å². The molecule has 1 aromatic rings. The van der Waals surface area contributed by atoms with Gasteiger partial charge in [0, 0.05) is 57.7 Å². The molecular formula is C16H24ClN3O2. The molecule has 1 saturated heterocycles. The van der Waals surface area contributed by atoms with E-state index in [1.54, 1.807) is 12.1 Å². The van der Waals surface area contributed by atoms with Crippen molar-refractivity contribution in [2.75, 3.05) is 39.3 Å². The topological polar surface area (TPSA) is 61.4 Å². The summed E-state index contributed by atoms with van der Waals surface area (Å²) in [6.45, 7) is 5.61. The molecule has 1 fully saturated rings. The van der Waals surface area contributed by atoms with Crippen LogP contribution in [0.5, 0.6) is 0 Å². The highest BCUT2D eigenvalue weighted by atomic mass is 35.5. The largest absolute Gasteiger partial charge is 0.355 e. The number of piperazine rings is 1. The number of Topliss-reactive ketones (excluding diaryl/α,β-unsaturated/α-hetero) is 1. The Kier molecular flexibility index (Phi) is 8.74. The summed E-state index contributed by atoms with van der Waals surface area (Å²) in [6.07, 6.45) is 0.527. The van der Waals surface area contributed by atoms with Gasteiger partial charge in [0.05, 0.1) is 0 Å². The van der Waals surface area contributed by atoms with Crippen molar-refractivity contribution in [3.05, 3.63) is 35.9 Å². The fourth-order valence-corrected chi connectivity index (χ4v) is 2.37. The Morgan fingerprint density at radius 3 is 2.45 bits per heavy atom. The number of benzene rings is 1. The lowest BCUT2D eigenvalue weighted by atomic mass is 10.1. The van der Waals surface area contributed by atoms with E-state index in [1.807, 2.05) is 18.2 Å². The first-order chi connectivity index (χ1) is 10.3. The monoisotopic (exact) mass is 325 g/mol. The number of nitrogens with one attached hydrogen (secondary N) is 2. The molecule has 5 nitrogen and oxygen atoms in total. The van der Waals surface area contributed by atoms with Crippen LogP contribution in [0, 0.1) is 0 Å². The average molecular weight is 326 g/mol. The number of amides is 1. The molecule has 2 N–H and O–H groups in total. The Morgan fingerprint density at radius 2 is 1.77 bits per heavy atom. The fraction of sp³-hybridized carbons (Fsp3) is 0.500. The molecule has 0 atom stereocenters. The van der Waals surface area contributed by atoms with E-state index in [0.717, 1.165) is 32.7 Å². The third kappa shape index (κ3) is 6.56. The van der Waals surface area contributed by atoms with Crippen LogP contribution in [0.2, 0.25) is 0 Å². The Balaban J connectivity index is 0.00000242. The van der Waals surface area contributed by atoms with Crippen molar-refractivity contribution in [2.45, 2.75) is 12.8 Å². The quantitative estimate of drug-likeness (QED) is 0.737. The molecule has 0 bridgehead atoms. The van der Waals surface area contributed by atoms with Gasteiger partial charge in [-0.1, -0.05) is 30.3 Å². The predicted octanol–water partition coefficient (Wildman–Crippen LogP) is 1.09. The van der Waals surface area contributed by atoms with E-state index in [4.69, 9.17) is 0 Å². The lowest BCUT2D eigenvalue weighted by molar-refractivity contribution is -0.121. The molecule has 1 aliphatic heterocycles. The normalized spacial score (nSPS) is 14.9. The number of hydrogen-bond donors (Lipinski definition) is 2. The Morgan fingerprint density at radius 1 is 1.09 bits per heavy atom. The first kappa shape index (κ1) is 18.6. The predicted molar refractivity (Wildman–Crippen MR) is 89.6 cm³/mol. The van der Waals surface area contributed by atoms with Crippen LogP contribution in [0.3, 0.4) is 0 Å². The zero-order chi connectivity index (χ0) is 14.9. The molecule has 0 unspecified atom stereocenters. The summed E-state index contributed by atoms with van der Waals surface area (Å²) in [5.41, 5.74) is 0.672. The Hall–Kier alpha value is -1.43. The molecule has 0 aromatic heterocycles. The Bertz CT molecular complexity index is 462. The summed E-state index contributed by atoms with van der Waals surface area (Å²) in [5, 5.41) is 6.18. The molecule has 6 heteroatoms. The molecule has 122 valence electrons. The highest BCUT2D eigenvalue weighted by molar-refractivity contribution is 5.97. The van der Waals surface area contributed by atoms with Crippen LogP contribution in [0.4, 0.5) is 0 Å². The van der Waals surface area contributed by atoms with Crippen LogP contribution in [0.15, 0.2) is 30.3 Å². The van der Waals surface area contributed by atoms with E-state index in [9.17, 15) is 9.59 Å². The first-order valence-corrected chi connectivity index (χ1v) is 7.54. The van der Waals surface area contributed by atoms with Crippen LogP contribution in [-0.2, 0) is 4.79 Å². The van der Waals surface area contributed by atoms with Crippen molar-refractivity contribution in [1.29, 1.82) is 0 Å². The summed E-state index contributed by atoms with van der Waals surface area (Å²) in [7, 11) is 0. The summed E-state index contributed by atoms with van der Waals surface area (Å²) in [5.74, 6) is -0.0257. The zero-order valence-electron chi connectivity index (χ0n) is 12.7. The number of halogens is 1. The van der Waals surface area contributed by atoms with Gasteiger partial charge < -0.3 is 10.6 Å². The van der Waals surface area contributed by atoms with Gasteiger partial charge in [-0.15, -0.1) is 12.4 Å². The number of nitrogens with zero attached hydrogens (tertiary/aromatic N) is 1. The van der Waals surface area contributed by atoms with Crippen LogP contribution in [-0.4, -0.2) is 55.9 Å². The van der Waals surface area contributed by atoms with Crippen molar-refractivity contribution in [1.82, 2.24) is 15.5 Å². The van der Waals surface area contributed by atoms with Gasteiger partial charge in [0.15, 0.2) is 5.78 Å². The van der Waals surface area contributed by atoms with E-state index in [0.29, 0.717) is 12.1 Å². The molecule has 0 radical (unpaired) electrons. The van der Waals surface area contributed by atoms with Gasteiger partial charge in [-0.25, -0.2) is 0 Å². The molecule has 2 rings (SSSR count). The summed E-state index contributed by atoms with van der Waals surface area (Å²) in [4.78, 5) is 25.9. The molecule has 22 heavy (non-hydrogen) atoms. The lowest BCUT2D eigenvalue weighted by Gasteiger charge is -2.27. The molecule has 1 aliphatic rings. The lowest BCUT2D eigenvalue weighted by Crippen LogP contribution is -2.46. The zero-order valence-corrected chi connectivity index (χ0v) is 13.5. The van der Waals surface area contributed by atoms with Crippen molar-refractivity contribution in [3.63, 3.8) is 0 Å². The van der Waals surface area contributed by atoms with E-state index < -0.39 is 0 Å². The van der Waals surface area contributed by atoms with Crippen LogP contribution >= 0.6 is 12.4 Å². The van der Waals surface area contributed by atoms with Gasteiger partial charge in [0.25, 0.3) is 0 Å². The van der Waals surface area contributed by atoms with Crippen molar-refractivity contribution in [2.24, 2.45) is 0 Å². The minimum Gasteiger partial charge on any atom is -0.355 e. The number of carbonyl (C=O) groups excluding carboxylic acids is 2. The molecule has 1 heterocycles. The fourth-order valence-electron chi connectivity index (χ4n) is 2.37. The minimum absolute atomic E-state index is 0. The van der Waals surface area contributed by atoms with Gasteiger partial charge in [-0.2, -0.15) is 0 Å². The van der Waals surface area contributed by atoms with Gasteiger partial charge in [-0.3, -0.25) is 14.5 Å². The molecular weight excluding hydrogens is 302 g/mol. The van der Waals surface area contributed by atoms with Crippen LogP contribution in [0.1, 0.15) is 23.2 Å². The molecule has 0 spiro atoms. The highest BCUT2D eigenvalue weighted by Crippen LogP contribution is 2.04. The van der Waals surface area contributed by atoms with E-state index in [1.165, 1.54) is 0 Å². The standard InChI is InChI=1S/C16H23N3O2.ClH/c20-15(14-4-2-1-3-5-14)6-7-16(21)18-10-13-19-11-8-17-9-12-19;/h1-5,17H,6-13H2,(H,18,21);1H. The number of hydrogen-bond acceptors (Lipinski definition) is 4. The third-order valence-corrected chi connectivity index (χ3v) is 3.63. The number of carbonyl (C=O) groups is 2. The second kappa shape index (κ2) is 10.3. The van der Waals surface area contributed by atoms with E-state index >= 15 is 0 Å². The van der Waals surface area contributed by atoms with Gasteiger partial charge in [0.2, 0.25) is 5.91 Å². The summed E-state index contributed by atoms with van der Waals surface area (Å²) < 4.78 is 0. The van der Waals surface area contributed by atoms with Crippen LogP contribution < -0.4 is 10.6 Å². The molecule has 0 saturated carbocycles. The van der Waals surface area contributed by atoms with Gasteiger partial charge >= 0.3 is 0 Å². The first-order valence-electron chi connectivity index (χ1n) is 7.54. The third-order valence-electron chi connectivity index (χ3n) is 3.63. The minimum atomic E-state index is -0.0468. The van der Waals surface area contributed by atoms with E-state index in [2.05, 4.69) is 15.5 Å². The summed E-state index contributed by atoms with van der Waals surface area (Å²) >= 11 is 0. The molecule has 1 aromatic carbocycles. The molecule has 1 amide bonds. The second-order valence-electron chi connectivity index (χ2n) is 5.23. The smallest absolute Gasteiger partial charge is 0.220 e. The van der Waals surface area contributed by atoms with Gasteiger partial charge in [0.1, 0.15) is 0 Å². The van der Waals surface area contributed by atoms with Crippen molar-refractivity contribution >= 4 is 24.1 Å². The summed E-state index contributed by atoms with van der Waals surface area (Å²) in [6, 6.07) is 9.11. The highest BCUT2D eigenvalue weighted by Gasteiger charge is 2.11. The second-order valence-corrected chi connectivity index (χ2v) is 5.23. The molecule has 0 aliphatic carbocycles. The SMILES string of the molecule is Cl.O=C(CCC(=O)c1ccccc1)NCCN1CCNCC1. The van der Waals surface area contributed by atoms with Crippen molar-refractivity contribution in [3.8, 4) is 0 Å². The maximum atomic E-state index is 11.9. The number of rotatable bonds is 7.